The molecule has 5 heteroatoms. The van der Waals surface area contributed by atoms with Gasteiger partial charge in [-0.25, -0.2) is 9.97 Å². The van der Waals surface area contributed by atoms with Gasteiger partial charge in [0.2, 0.25) is 5.95 Å². The van der Waals surface area contributed by atoms with Crippen molar-refractivity contribution in [2.45, 2.75) is 13.1 Å². The highest BCUT2D eigenvalue weighted by molar-refractivity contribution is 5.38. The predicted molar refractivity (Wildman–Crippen MR) is 75.0 cm³/mol. The van der Waals surface area contributed by atoms with Gasteiger partial charge in [0, 0.05) is 43.7 Å². The van der Waals surface area contributed by atoms with Crippen LogP contribution in [-0.2, 0) is 13.1 Å². The molecule has 1 heterocycles. The molecular weight excluding hydrogens is 240 g/mol. The van der Waals surface area contributed by atoms with E-state index in [4.69, 9.17) is 10.5 Å². The van der Waals surface area contributed by atoms with Crippen LogP contribution in [0.2, 0.25) is 0 Å². The number of hydrogen-bond acceptors (Lipinski definition) is 5. The summed E-state index contributed by atoms with van der Waals surface area (Å²) in [6.45, 7) is 1.14. The fourth-order valence-electron chi connectivity index (χ4n) is 1.81. The topological polar surface area (TPSA) is 64.3 Å². The van der Waals surface area contributed by atoms with Gasteiger partial charge in [-0.05, 0) is 6.07 Å². The Morgan fingerprint density at radius 1 is 1.21 bits per heavy atom. The lowest BCUT2D eigenvalue weighted by molar-refractivity contribution is 0.409. The molecule has 0 amide bonds. The van der Waals surface area contributed by atoms with Gasteiger partial charge in [-0.1, -0.05) is 18.2 Å². The van der Waals surface area contributed by atoms with E-state index in [9.17, 15) is 0 Å². The predicted octanol–water partition coefficient (Wildman–Crippen LogP) is 1.58. The van der Waals surface area contributed by atoms with Crippen LogP contribution in [0.3, 0.4) is 0 Å². The van der Waals surface area contributed by atoms with E-state index >= 15 is 0 Å². The number of nitrogens with zero attached hydrogens (tertiary/aromatic N) is 3. The van der Waals surface area contributed by atoms with Gasteiger partial charge in [0.15, 0.2) is 0 Å². The first-order chi connectivity index (χ1) is 9.24. The summed E-state index contributed by atoms with van der Waals surface area (Å²) >= 11 is 0. The van der Waals surface area contributed by atoms with E-state index in [-0.39, 0.29) is 0 Å². The number of benzene rings is 1. The Bertz CT molecular complexity index is 527. The lowest BCUT2D eigenvalue weighted by Crippen LogP contribution is -2.19. The second-order valence-corrected chi connectivity index (χ2v) is 4.26. The average molecular weight is 258 g/mol. The zero-order chi connectivity index (χ0) is 13.7. The normalized spacial score (nSPS) is 10.3. The Kier molecular flexibility index (Phi) is 4.30. The number of ether oxygens (including phenoxy) is 1. The highest BCUT2D eigenvalue weighted by atomic mass is 16.5. The van der Waals surface area contributed by atoms with Crippen molar-refractivity contribution < 1.29 is 4.74 Å². The molecule has 0 spiro atoms. The van der Waals surface area contributed by atoms with Crippen molar-refractivity contribution in [2.24, 2.45) is 5.73 Å². The molecule has 0 saturated heterocycles. The van der Waals surface area contributed by atoms with E-state index in [0.29, 0.717) is 19.0 Å². The minimum absolute atomic E-state index is 0.455. The number of rotatable bonds is 5. The Morgan fingerprint density at radius 2 is 1.89 bits per heavy atom. The number of hydrogen-bond donors (Lipinski definition) is 1. The minimum Gasteiger partial charge on any atom is -0.496 e. The zero-order valence-corrected chi connectivity index (χ0v) is 11.2. The molecule has 0 bridgehead atoms. The summed E-state index contributed by atoms with van der Waals surface area (Å²) in [4.78, 5) is 10.6. The van der Waals surface area contributed by atoms with E-state index in [2.05, 4.69) is 9.97 Å². The quantitative estimate of drug-likeness (QED) is 0.882. The van der Waals surface area contributed by atoms with Crippen LogP contribution in [-0.4, -0.2) is 24.1 Å². The van der Waals surface area contributed by atoms with E-state index in [1.165, 1.54) is 0 Å². The number of para-hydroxylation sites is 1. The van der Waals surface area contributed by atoms with Crippen LogP contribution >= 0.6 is 0 Å². The van der Waals surface area contributed by atoms with Crippen molar-refractivity contribution in [3.63, 3.8) is 0 Å². The standard InChI is InChI=1S/C14H18N4O/c1-18(14-16-8-11(7-15)9-17-14)10-12-5-3-4-6-13(12)19-2/h3-6,8-9H,7,10,15H2,1-2H3. The molecule has 5 nitrogen and oxygen atoms in total. The maximum absolute atomic E-state index is 5.53. The van der Waals surface area contributed by atoms with Gasteiger partial charge in [-0.3, -0.25) is 0 Å². The molecular formula is C14H18N4O. The maximum Gasteiger partial charge on any atom is 0.225 e. The molecule has 0 radical (unpaired) electrons. The van der Waals surface area contributed by atoms with Crippen LogP contribution < -0.4 is 15.4 Å². The van der Waals surface area contributed by atoms with Crippen molar-refractivity contribution in [3.8, 4) is 5.75 Å². The summed E-state index contributed by atoms with van der Waals surface area (Å²) in [5.74, 6) is 1.54. The Labute approximate surface area is 113 Å². The smallest absolute Gasteiger partial charge is 0.225 e. The first-order valence-corrected chi connectivity index (χ1v) is 6.08. The Balaban J connectivity index is 2.13. The molecule has 2 aromatic rings. The zero-order valence-electron chi connectivity index (χ0n) is 11.2. The van der Waals surface area contributed by atoms with Crippen LogP contribution in [0.4, 0.5) is 5.95 Å². The third-order valence-electron chi connectivity index (χ3n) is 2.87. The van der Waals surface area contributed by atoms with Crippen molar-refractivity contribution in [3.05, 3.63) is 47.8 Å². The summed E-state index contributed by atoms with van der Waals surface area (Å²) < 4.78 is 5.33. The molecule has 0 atom stereocenters. The van der Waals surface area contributed by atoms with Crippen LogP contribution in [0.5, 0.6) is 5.75 Å². The van der Waals surface area contributed by atoms with Crippen molar-refractivity contribution in [2.75, 3.05) is 19.1 Å². The molecule has 2 N–H and O–H groups in total. The first-order valence-electron chi connectivity index (χ1n) is 6.08. The van der Waals surface area contributed by atoms with Gasteiger partial charge >= 0.3 is 0 Å². The van der Waals surface area contributed by atoms with Gasteiger partial charge in [0.25, 0.3) is 0 Å². The Hall–Kier alpha value is -2.14. The van der Waals surface area contributed by atoms with Crippen molar-refractivity contribution in [1.29, 1.82) is 0 Å². The third kappa shape index (κ3) is 3.20. The molecule has 0 saturated carbocycles. The van der Waals surface area contributed by atoms with E-state index in [1.54, 1.807) is 19.5 Å². The number of aromatic nitrogens is 2. The number of anilines is 1. The lowest BCUT2D eigenvalue weighted by Gasteiger charge is -2.18. The molecule has 19 heavy (non-hydrogen) atoms. The molecule has 0 aliphatic carbocycles. The fourth-order valence-corrected chi connectivity index (χ4v) is 1.81. The van der Waals surface area contributed by atoms with Crippen molar-refractivity contribution in [1.82, 2.24) is 9.97 Å². The second-order valence-electron chi connectivity index (χ2n) is 4.26. The van der Waals surface area contributed by atoms with E-state index in [0.717, 1.165) is 16.9 Å². The summed E-state index contributed by atoms with van der Waals surface area (Å²) in [6.07, 6.45) is 3.50. The lowest BCUT2D eigenvalue weighted by atomic mass is 10.2. The number of methoxy groups -OCH3 is 1. The highest BCUT2D eigenvalue weighted by Crippen LogP contribution is 2.20. The molecule has 0 aliphatic heterocycles. The van der Waals surface area contributed by atoms with Gasteiger partial charge in [0.1, 0.15) is 5.75 Å². The van der Waals surface area contributed by atoms with Gasteiger partial charge in [-0.2, -0.15) is 0 Å². The maximum atomic E-state index is 5.53. The molecule has 2 rings (SSSR count). The van der Waals surface area contributed by atoms with Crippen LogP contribution in [0.1, 0.15) is 11.1 Å². The largest absolute Gasteiger partial charge is 0.496 e. The average Bonchev–Trinajstić information content (AvgIpc) is 2.48. The van der Waals surface area contributed by atoms with Crippen LogP contribution in [0.15, 0.2) is 36.7 Å². The molecule has 1 aromatic heterocycles. The van der Waals surface area contributed by atoms with Gasteiger partial charge in [-0.15, -0.1) is 0 Å². The van der Waals surface area contributed by atoms with Crippen molar-refractivity contribution >= 4 is 5.95 Å². The SMILES string of the molecule is COc1ccccc1CN(C)c1ncc(CN)cn1. The summed E-state index contributed by atoms with van der Waals surface area (Å²) in [7, 11) is 3.62. The summed E-state index contributed by atoms with van der Waals surface area (Å²) in [5.41, 5.74) is 7.55. The monoisotopic (exact) mass is 258 g/mol. The molecule has 0 unspecified atom stereocenters. The van der Waals surface area contributed by atoms with Crippen LogP contribution in [0.25, 0.3) is 0 Å². The van der Waals surface area contributed by atoms with E-state index in [1.807, 2.05) is 36.2 Å². The third-order valence-corrected chi connectivity index (χ3v) is 2.87. The van der Waals surface area contributed by atoms with E-state index < -0.39 is 0 Å². The minimum atomic E-state index is 0.455. The van der Waals surface area contributed by atoms with Crippen LogP contribution in [0, 0.1) is 0 Å². The molecule has 0 fully saturated rings. The molecule has 1 aromatic carbocycles. The van der Waals surface area contributed by atoms with Gasteiger partial charge in [0.05, 0.1) is 7.11 Å². The molecule has 0 aliphatic rings. The summed E-state index contributed by atoms with van der Waals surface area (Å²) in [5, 5.41) is 0. The highest BCUT2D eigenvalue weighted by Gasteiger charge is 2.08. The second kappa shape index (κ2) is 6.15. The van der Waals surface area contributed by atoms with Gasteiger partial charge < -0.3 is 15.4 Å². The Morgan fingerprint density at radius 3 is 2.53 bits per heavy atom. The number of nitrogens with two attached hydrogens (primary N) is 1. The summed E-state index contributed by atoms with van der Waals surface area (Å²) in [6, 6.07) is 7.92. The fraction of sp³-hybridized carbons (Fsp3) is 0.286. The first kappa shape index (κ1) is 13.3. The molecule has 100 valence electrons.